The molecule has 6 heteroatoms. The van der Waals surface area contributed by atoms with E-state index in [0.717, 1.165) is 10.6 Å². The van der Waals surface area contributed by atoms with Gasteiger partial charge in [-0.25, -0.2) is 0 Å². The van der Waals surface area contributed by atoms with Crippen molar-refractivity contribution < 1.29 is 14.3 Å². The van der Waals surface area contributed by atoms with Crippen LogP contribution in [0, 0.1) is 5.92 Å². The van der Waals surface area contributed by atoms with Crippen molar-refractivity contribution in [2.45, 2.75) is 19.9 Å². The highest BCUT2D eigenvalue weighted by molar-refractivity contribution is 7.10. The van der Waals surface area contributed by atoms with Gasteiger partial charge in [0, 0.05) is 10.4 Å². The molecule has 150 valence electrons. The molecule has 1 heterocycles. The number of thiophene rings is 1. The molecule has 0 bridgehead atoms. The van der Waals surface area contributed by atoms with Crippen molar-refractivity contribution in [3.8, 4) is 11.5 Å². The summed E-state index contributed by atoms with van der Waals surface area (Å²) in [7, 11) is 0. The molecule has 0 spiro atoms. The van der Waals surface area contributed by atoms with Gasteiger partial charge >= 0.3 is 0 Å². The summed E-state index contributed by atoms with van der Waals surface area (Å²) in [6.07, 6.45) is 0. The van der Waals surface area contributed by atoms with Gasteiger partial charge in [0.05, 0.1) is 12.6 Å². The summed E-state index contributed by atoms with van der Waals surface area (Å²) in [5, 5.41) is 7.66. The van der Waals surface area contributed by atoms with E-state index in [1.165, 1.54) is 0 Å². The highest BCUT2D eigenvalue weighted by Crippen LogP contribution is 2.25. The van der Waals surface area contributed by atoms with Gasteiger partial charge in [-0.3, -0.25) is 9.59 Å². The molecule has 0 aliphatic rings. The lowest BCUT2D eigenvalue weighted by atomic mass is 10.0. The number of nitrogens with one attached hydrogen (secondary N) is 2. The number of carbonyl (C=O) groups is 2. The molecule has 0 radical (unpaired) electrons. The van der Waals surface area contributed by atoms with E-state index in [0.29, 0.717) is 11.3 Å². The van der Waals surface area contributed by atoms with E-state index in [-0.39, 0.29) is 30.3 Å². The Labute approximate surface area is 174 Å². The summed E-state index contributed by atoms with van der Waals surface area (Å²) in [6, 6.07) is 20.1. The van der Waals surface area contributed by atoms with E-state index < -0.39 is 0 Å². The van der Waals surface area contributed by atoms with Crippen LogP contribution >= 0.6 is 11.3 Å². The second kappa shape index (κ2) is 9.89. The van der Waals surface area contributed by atoms with Gasteiger partial charge in [-0.15, -0.1) is 11.3 Å². The van der Waals surface area contributed by atoms with Crippen molar-refractivity contribution in [1.82, 2.24) is 10.6 Å². The van der Waals surface area contributed by atoms with E-state index in [2.05, 4.69) is 24.5 Å². The summed E-state index contributed by atoms with van der Waals surface area (Å²) in [5.74, 6) is 1.11. The summed E-state index contributed by atoms with van der Waals surface area (Å²) in [4.78, 5) is 25.7. The fourth-order valence-electron chi connectivity index (χ4n) is 2.82. The number of para-hydroxylation sites is 1. The molecule has 3 rings (SSSR count). The molecule has 2 amide bonds. The summed E-state index contributed by atoms with van der Waals surface area (Å²) < 4.78 is 5.72. The topological polar surface area (TPSA) is 67.4 Å². The number of hydrogen-bond acceptors (Lipinski definition) is 4. The minimum atomic E-state index is -0.302. The molecule has 0 fully saturated rings. The van der Waals surface area contributed by atoms with Crippen molar-refractivity contribution in [2.75, 3.05) is 6.54 Å². The second-order valence-electron chi connectivity index (χ2n) is 6.93. The number of rotatable bonds is 8. The Morgan fingerprint density at radius 2 is 1.62 bits per heavy atom. The summed E-state index contributed by atoms with van der Waals surface area (Å²) >= 11 is 1.61. The van der Waals surface area contributed by atoms with E-state index in [1.54, 1.807) is 35.6 Å². The van der Waals surface area contributed by atoms with Gasteiger partial charge in [0.2, 0.25) is 5.91 Å². The number of hydrogen-bond donors (Lipinski definition) is 2. The Morgan fingerprint density at radius 3 is 2.24 bits per heavy atom. The van der Waals surface area contributed by atoms with Gasteiger partial charge in [-0.05, 0) is 53.8 Å². The largest absolute Gasteiger partial charge is 0.457 e. The molecule has 29 heavy (non-hydrogen) atoms. The van der Waals surface area contributed by atoms with Crippen LogP contribution in [0.3, 0.4) is 0 Å². The lowest BCUT2D eigenvalue weighted by Gasteiger charge is -2.21. The number of carbonyl (C=O) groups excluding carboxylic acids is 2. The van der Waals surface area contributed by atoms with Gasteiger partial charge in [-0.2, -0.15) is 0 Å². The average molecular weight is 409 g/mol. The minimum Gasteiger partial charge on any atom is -0.457 e. The Balaban J connectivity index is 1.51. The average Bonchev–Trinajstić information content (AvgIpc) is 3.26. The maximum atomic E-state index is 12.3. The third-order valence-electron chi connectivity index (χ3n) is 4.34. The maximum Gasteiger partial charge on any atom is 0.251 e. The first kappa shape index (κ1) is 20.6. The van der Waals surface area contributed by atoms with Gasteiger partial charge in [0.15, 0.2) is 0 Å². The summed E-state index contributed by atoms with van der Waals surface area (Å²) in [6.45, 7) is 4.04. The molecule has 3 aromatic rings. The molecular weight excluding hydrogens is 384 g/mol. The van der Waals surface area contributed by atoms with Crippen LogP contribution in [0.1, 0.15) is 35.1 Å². The quantitative estimate of drug-likeness (QED) is 0.563. The van der Waals surface area contributed by atoms with Crippen LogP contribution in [0.5, 0.6) is 11.5 Å². The molecule has 2 N–H and O–H groups in total. The van der Waals surface area contributed by atoms with E-state index in [1.807, 2.05) is 47.8 Å². The zero-order chi connectivity index (χ0) is 20.6. The van der Waals surface area contributed by atoms with Crippen LogP contribution in [0.15, 0.2) is 72.1 Å². The first-order chi connectivity index (χ1) is 14.0. The Hall–Kier alpha value is -3.12. The summed E-state index contributed by atoms with van der Waals surface area (Å²) in [5.41, 5.74) is 0.469. The zero-order valence-electron chi connectivity index (χ0n) is 16.4. The second-order valence-corrected chi connectivity index (χ2v) is 7.91. The normalized spacial score (nSPS) is 11.7. The van der Waals surface area contributed by atoms with Crippen LogP contribution < -0.4 is 15.4 Å². The fourth-order valence-corrected chi connectivity index (χ4v) is 3.77. The van der Waals surface area contributed by atoms with Gasteiger partial charge in [-0.1, -0.05) is 38.1 Å². The fraction of sp³-hybridized carbons (Fsp3) is 0.217. The third kappa shape index (κ3) is 5.93. The Kier molecular flexibility index (Phi) is 7.03. The van der Waals surface area contributed by atoms with Crippen LogP contribution in [-0.2, 0) is 4.79 Å². The predicted molar refractivity (Wildman–Crippen MR) is 115 cm³/mol. The van der Waals surface area contributed by atoms with Gasteiger partial charge < -0.3 is 15.4 Å². The first-order valence-corrected chi connectivity index (χ1v) is 10.3. The monoisotopic (exact) mass is 408 g/mol. The highest BCUT2D eigenvalue weighted by Gasteiger charge is 2.19. The van der Waals surface area contributed by atoms with Crippen LogP contribution in [0.2, 0.25) is 0 Å². The molecule has 0 saturated heterocycles. The molecule has 1 aromatic heterocycles. The molecular formula is C23H24N2O3S. The van der Waals surface area contributed by atoms with E-state index >= 15 is 0 Å². The molecule has 0 aliphatic heterocycles. The van der Waals surface area contributed by atoms with Gasteiger partial charge in [0.25, 0.3) is 5.91 Å². The van der Waals surface area contributed by atoms with Crippen LogP contribution in [0.25, 0.3) is 0 Å². The van der Waals surface area contributed by atoms with E-state index in [9.17, 15) is 9.59 Å². The van der Waals surface area contributed by atoms with Crippen molar-refractivity contribution >= 4 is 23.2 Å². The number of amides is 2. The standard InChI is InChI=1S/C23H24N2O3S/c1-16(2)22(20-9-6-14-29-20)25-21(26)15-24-23(27)17-10-12-19(13-11-17)28-18-7-4-3-5-8-18/h3-14,16,22H,15H2,1-2H3,(H,24,27)(H,25,26)/t22-/m0/s1. The molecule has 5 nitrogen and oxygen atoms in total. The lowest BCUT2D eigenvalue weighted by Crippen LogP contribution is -2.39. The SMILES string of the molecule is CC(C)[C@H](NC(=O)CNC(=O)c1ccc(Oc2ccccc2)cc1)c1cccs1. The lowest BCUT2D eigenvalue weighted by molar-refractivity contribution is -0.121. The van der Waals surface area contributed by atoms with Crippen LogP contribution in [-0.4, -0.2) is 18.4 Å². The zero-order valence-corrected chi connectivity index (χ0v) is 17.2. The minimum absolute atomic E-state index is 0.0613. The molecule has 0 aliphatic carbocycles. The first-order valence-electron chi connectivity index (χ1n) is 9.47. The number of benzene rings is 2. The Bertz CT molecular complexity index is 923. The molecule has 1 atom stereocenters. The predicted octanol–water partition coefficient (Wildman–Crippen LogP) is 4.78. The smallest absolute Gasteiger partial charge is 0.251 e. The Morgan fingerprint density at radius 1 is 0.931 bits per heavy atom. The maximum absolute atomic E-state index is 12.3. The van der Waals surface area contributed by atoms with E-state index in [4.69, 9.17) is 4.74 Å². The van der Waals surface area contributed by atoms with Crippen molar-refractivity contribution in [3.63, 3.8) is 0 Å². The van der Waals surface area contributed by atoms with Crippen molar-refractivity contribution in [2.24, 2.45) is 5.92 Å². The number of ether oxygens (including phenoxy) is 1. The molecule has 2 aromatic carbocycles. The van der Waals surface area contributed by atoms with Crippen LogP contribution in [0.4, 0.5) is 0 Å². The molecule has 0 saturated carbocycles. The molecule has 0 unspecified atom stereocenters. The van der Waals surface area contributed by atoms with Gasteiger partial charge in [0.1, 0.15) is 11.5 Å². The van der Waals surface area contributed by atoms with Crippen molar-refractivity contribution in [3.05, 3.63) is 82.6 Å². The highest BCUT2D eigenvalue weighted by atomic mass is 32.1. The van der Waals surface area contributed by atoms with Crippen molar-refractivity contribution in [1.29, 1.82) is 0 Å². The third-order valence-corrected chi connectivity index (χ3v) is 5.29.